The van der Waals surface area contributed by atoms with E-state index in [0.29, 0.717) is 0 Å². The van der Waals surface area contributed by atoms with Crippen LogP contribution in [0.2, 0.25) is 0 Å². The highest BCUT2D eigenvalue weighted by atomic mass is 14.1. The summed E-state index contributed by atoms with van der Waals surface area (Å²) in [6, 6.07) is 0. The van der Waals surface area contributed by atoms with Crippen molar-refractivity contribution in [1.82, 2.24) is 0 Å². The Bertz CT molecular complexity index is 234. The Morgan fingerprint density at radius 3 is 1.73 bits per heavy atom. The van der Waals surface area contributed by atoms with Crippen LogP contribution in [0.15, 0.2) is 47.6 Å². The van der Waals surface area contributed by atoms with E-state index < -0.39 is 0 Å². The molecule has 0 aromatic carbocycles. The van der Waals surface area contributed by atoms with Crippen LogP contribution in [0.3, 0.4) is 0 Å². The zero-order chi connectivity index (χ0) is 8.43. The third kappa shape index (κ3) is 1.51. The average Bonchev–Trinajstić information content (AvgIpc) is 2.32. The minimum atomic E-state index is 1.03. The Balaban J connectivity index is 2.93. The lowest BCUT2D eigenvalue weighted by Crippen LogP contribution is -1.87. The normalized spacial score (nSPS) is 15.8. The molecule has 0 aromatic rings. The molecule has 1 aliphatic rings. The third-order valence-corrected chi connectivity index (χ3v) is 1.85. The molecule has 0 heteroatoms. The van der Waals surface area contributed by atoms with Crippen molar-refractivity contribution in [2.24, 2.45) is 0 Å². The lowest BCUT2D eigenvalue weighted by Gasteiger charge is -2.06. The Kier molecular flexibility index (Phi) is 2.13. The summed E-state index contributed by atoms with van der Waals surface area (Å²) in [4.78, 5) is 0. The second-order valence-corrected chi connectivity index (χ2v) is 3.03. The standard InChI is InChI=1S/C11H14/c1-8(2)10-6-5-7-11(10)9(3)4/h6-7H,1,3,5H2,2,4H3. The Morgan fingerprint density at radius 2 is 1.45 bits per heavy atom. The van der Waals surface area contributed by atoms with Gasteiger partial charge in [-0.2, -0.15) is 0 Å². The monoisotopic (exact) mass is 146 g/mol. The molecule has 0 amide bonds. The lowest BCUT2D eigenvalue weighted by molar-refractivity contribution is 1.35. The smallest absolute Gasteiger partial charge is 0.0151 e. The van der Waals surface area contributed by atoms with E-state index in [1.807, 2.05) is 13.8 Å². The van der Waals surface area contributed by atoms with Crippen molar-refractivity contribution in [2.75, 3.05) is 0 Å². The van der Waals surface area contributed by atoms with Crippen LogP contribution >= 0.6 is 0 Å². The molecule has 0 radical (unpaired) electrons. The molecular weight excluding hydrogens is 132 g/mol. The van der Waals surface area contributed by atoms with Crippen molar-refractivity contribution in [2.45, 2.75) is 20.3 Å². The molecule has 0 saturated carbocycles. The van der Waals surface area contributed by atoms with E-state index in [0.717, 1.165) is 17.6 Å². The highest BCUT2D eigenvalue weighted by Gasteiger charge is 2.09. The van der Waals surface area contributed by atoms with Crippen LogP contribution in [0.4, 0.5) is 0 Å². The van der Waals surface area contributed by atoms with Gasteiger partial charge >= 0.3 is 0 Å². The number of rotatable bonds is 2. The van der Waals surface area contributed by atoms with Gasteiger partial charge < -0.3 is 0 Å². The minimum Gasteiger partial charge on any atom is -0.0955 e. The van der Waals surface area contributed by atoms with Gasteiger partial charge in [0.05, 0.1) is 0 Å². The molecule has 11 heavy (non-hydrogen) atoms. The van der Waals surface area contributed by atoms with E-state index >= 15 is 0 Å². The highest BCUT2D eigenvalue weighted by molar-refractivity contribution is 5.56. The molecule has 0 saturated heterocycles. The molecular formula is C11H14. The van der Waals surface area contributed by atoms with E-state index in [-0.39, 0.29) is 0 Å². The van der Waals surface area contributed by atoms with Gasteiger partial charge in [-0.1, -0.05) is 36.5 Å². The second-order valence-electron chi connectivity index (χ2n) is 3.03. The zero-order valence-electron chi connectivity index (χ0n) is 7.28. The molecule has 0 atom stereocenters. The van der Waals surface area contributed by atoms with Gasteiger partial charge in [0.1, 0.15) is 0 Å². The quantitative estimate of drug-likeness (QED) is 0.560. The first kappa shape index (κ1) is 8.06. The molecule has 0 nitrogen and oxygen atoms in total. The summed E-state index contributed by atoms with van der Waals surface area (Å²) in [6.45, 7) is 11.9. The van der Waals surface area contributed by atoms with Crippen LogP contribution in [0, 0.1) is 0 Å². The molecule has 0 heterocycles. The zero-order valence-corrected chi connectivity index (χ0v) is 7.28. The van der Waals surface area contributed by atoms with Gasteiger partial charge in [-0.05, 0) is 31.4 Å². The second kappa shape index (κ2) is 2.91. The van der Waals surface area contributed by atoms with Gasteiger partial charge in [0.25, 0.3) is 0 Å². The van der Waals surface area contributed by atoms with Gasteiger partial charge in [-0.3, -0.25) is 0 Å². The van der Waals surface area contributed by atoms with Crippen LogP contribution in [0.25, 0.3) is 0 Å². The molecule has 0 spiro atoms. The van der Waals surface area contributed by atoms with Crippen molar-refractivity contribution in [3.05, 3.63) is 47.6 Å². The average molecular weight is 146 g/mol. The van der Waals surface area contributed by atoms with Crippen molar-refractivity contribution in [1.29, 1.82) is 0 Å². The van der Waals surface area contributed by atoms with Gasteiger partial charge in [0, 0.05) is 0 Å². The third-order valence-electron chi connectivity index (χ3n) is 1.85. The topological polar surface area (TPSA) is 0 Å². The maximum Gasteiger partial charge on any atom is -0.0151 e. The first-order chi connectivity index (χ1) is 5.13. The van der Waals surface area contributed by atoms with Gasteiger partial charge in [0.2, 0.25) is 0 Å². The molecule has 0 aromatic heterocycles. The Morgan fingerprint density at radius 1 is 1.09 bits per heavy atom. The van der Waals surface area contributed by atoms with Crippen molar-refractivity contribution in [3.63, 3.8) is 0 Å². The van der Waals surface area contributed by atoms with Gasteiger partial charge in [-0.25, -0.2) is 0 Å². The fourth-order valence-corrected chi connectivity index (χ4v) is 1.32. The SMILES string of the molecule is C=C(C)C1=CCC=C1C(=C)C. The predicted octanol–water partition coefficient (Wildman–Crippen LogP) is 3.40. The van der Waals surface area contributed by atoms with Crippen LogP contribution in [-0.2, 0) is 0 Å². The fraction of sp³-hybridized carbons (Fsp3) is 0.273. The van der Waals surface area contributed by atoms with E-state index in [1.54, 1.807) is 0 Å². The molecule has 0 unspecified atom stereocenters. The predicted molar refractivity (Wildman–Crippen MR) is 50.4 cm³/mol. The van der Waals surface area contributed by atoms with E-state index in [1.165, 1.54) is 11.1 Å². The molecule has 0 bridgehead atoms. The largest absolute Gasteiger partial charge is 0.0955 e. The lowest BCUT2D eigenvalue weighted by atomic mass is 9.99. The van der Waals surface area contributed by atoms with Crippen LogP contribution < -0.4 is 0 Å². The number of allylic oxidation sites excluding steroid dienone is 6. The molecule has 0 fully saturated rings. The maximum absolute atomic E-state index is 3.92. The minimum absolute atomic E-state index is 1.03. The van der Waals surface area contributed by atoms with Gasteiger partial charge in [-0.15, -0.1) is 0 Å². The number of hydrogen-bond donors (Lipinski definition) is 0. The Labute approximate surface area is 68.6 Å². The van der Waals surface area contributed by atoms with E-state index in [2.05, 4.69) is 25.3 Å². The number of hydrogen-bond acceptors (Lipinski definition) is 0. The molecule has 0 N–H and O–H groups in total. The summed E-state index contributed by atoms with van der Waals surface area (Å²) in [5, 5.41) is 0. The summed E-state index contributed by atoms with van der Waals surface area (Å²) in [7, 11) is 0. The molecule has 58 valence electrons. The molecule has 1 rings (SSSR count). The highest BCUT2D eigenvalue weighted by Crippen LogP contribution is 2.29. The van der Waals surface area contributed by atoms with Crippen molar-refractivity contribution in [3.8, 4) is 0 Å². The van der Waals surface area contributed by atoms with Crippen molar-refractivity contribution >= 4 is 0 Å². The summed E-state index contributed by atoms with van der Waals surface area (Å²) >= 11 is 0. The first-order valence-electron chi connectivity index (χ1n) is 3.85. The van der Waals surface area contributed by atoms with Gasteiger partial charge in [0.15, 0.2) is 0 Å². The summed E-state index contributed by atoms with van der Waals surface area (Å²) in [5.41, 5.74) is 4.82. The van der Waals surface area contributed by atoms with Crippen LogP contribution in [-0.4, -0.2) is 0 Å². The summed E-state index contributed by atoms with van der Waals surface area (Å²) < 4.78 is 0. The molecule has 0 aliphatic heterocycles. The summed E-state index contributed by atoms with van der Waals surface area (Å²) in [5.74, 6) is 0. The van der Waals surface area contributed by atoms with E-state index in [9.17, 15) is 0 Å². The fourth-order valence-electron chi connectivity index (χ4n) is 1.32. The van der Waals surface area contributed by atoms with Crippen molar-refractivity contribution < 1.29 is 0 Å². The molecule has 1 aliphatic carbocycles. The van der Waals surface area contributed by atoms with Crippen LogP contribution in [0.1, 0.15) is 20.3 Å². The first-order valence-corrected chi connectivity index (χ1v) is 3.85. The summed E-state index contributed by atoms with van der Waals surface area (Å²) in [6.07, 6.45) is 5.43. The maximum atomic E-state index is 3.92. The Hall–Kier alpha value is -1.04. The van der Waals surface area contributed by atoms with Crippen LogP contribution in [0.5, 0.6) is 0 Å². The van der Waals surface area contributed by atoms with E-state index in [4.69, 9.17) is 0 Å².